The molecule has 0 unspecified atom stereocenters. The van der Waals surface area contributed by atoms with Crippen LogP contribution >= 0.6 is 24.0 Å². The maximum Gasteiger partial charge on any atom is 0.291 e. The number of carbonyl (C=O) groups is 1. The molecule has 0 fully saturated rings. The SMILES string of the molecule is CCNC(=NCc1cccc(NC(=O)c2ccco2)c1)NCc1ccc(F)cc1.I. The molecule has 0 saturated heterocycles. The van der Waals surface area contributed by atoms with Gasteiger partial charge >= 0.3 is 0 Å². The minimum absolute atomic E-state index is 0. The first-order chi connectivity index (χ1) is 14.1. The lowest BCUT2D eigenvalue weighted by atomic mass is 10.2. The van der Waals surface area contributed by atoms with Gasteiger partial charge in [0.25, 0.3) is 5.91 Å². The van der Waals surface area contributed by atoms with Gasteiger partial charge in [-0.15, -0.1) is 24.0 Å². The molecule has 3 rings (SSSR count). The second-order valence-corrected chi connectivity index (χ2v) is 6.31. The molecule has 0 atom stereocenters. The standard InChI is InChI=1S/C22H23FN4O2.HI/c1-2-24-22(25-14-16-8-10-18(23)11-9-16)26-15-17-5-3-6-19(13-17)27-21(28)20-7-4-12-29-20;/h3-13H,2,14-15H2,1H3,(H,27,28)(H2,24,25,26);1H. The van der Waals surface area contributed by atoms with E-state index in [9.17, 15) is 9.18 Å². The number of carbonyl (C=O) groups excluding carboxylic acids is 1. The molecule has 0 aliphatic rings. The van der Waals surface area contributed by atoms with Gasteiger partial charge < -0.3 is 20.4 Å². The van der Waals surface area contributed by atoms with E-state index in [-0.39, 0.29) is 41.5 Å². The van der Waals surface area contributed by atoms with E-state index in [0.717, 1.165) is 11.1 Å². The third-order valence-electron chi connectivity index (χ3n) is 4.07. The van der Waals surface area contributed by atoms with Crippen molar-refractivity contribution < 1.29 is 13.6 Å². The number of anilines is 1. The van der Waals surface area contributed by atoms with E-state index in [1.54, 1.807) is 24.3 Å². The number of guanidine groups is 1. The van der Waals surface area contributed by atoms with Gasteiger partial charge in [-0.3, -0.25) is 4.79 Å². The van der Waals surface area contributed by atoms with Crippen LogP contribution in [-0.2, 0) is 13.1 Å². The molecule has 1 aromatic heterocycles. The molecule has 0 aliphatic heterocycles. The first-order valence-corrected chi connectivity index (χ1v) is 9.34. The molecule has 6 nitrogen and oxygen atoms in total. The summed E-state index contributed by atoms with van der Waals surface area (Å²) in [6.45, 7) is 3.67. The summed E-state index contributed by atoms with van der Waals surface area (Å²) in [5.74, 6) is 0.355. The highest BCUT2D eigenvalue weighted by molar-refractivity contribution is 14.0. The molecule has 0 bridgehead atoms. The Hall–Kier alpha value is -2.88. The van der Waals surface area contributed by atoms with Crippen molar-refractivity contribution in [1.29, 1.82) is 0 Å². The molecule has 0 spiro atoms. The van der Waals surface area contributed by atoms with Crippen LogP contribution in [0.5, 0.6) is 0 Å². The lowest BCUT2D eigenvalue weighted by Crippen LogP contribution is -2.36. The summed E-state index contributed by atoms with van der Waals surface area (Å²) in [7, 11) is 0. The average Bonchev–Trinajstić information content (AvgIpc) is 3.27. The summed E-state index contributed by atoms with van der Waals surface area (Å²) in [5.41, 5.74) is 2.57. The average molecular weight is 522 g/mol. The van der Waals surface area contributed by atoms with Gasteiger partial charge in [-0.2, -0.15) is 0 Å². The Morgan fingerprint density at radius 2 is 1.83 bits per heavy atom. The lowest BCUT2D eigenvalue weighted by Gasteiger charge is -2.12. The Labute approximate surface area is 192 Å². The molecule has 1 amide bonds. The van der Waals surface area contributed by atoms with Gasteiger partial charge in [0.15, 0.2) is 11.7 Å². The van der Waals surface area contributed by atoms with Gasteiger partial charge in [0.05, 0.1) is 12.8 Å². The number of halogens is 2. The fourth-order valence-corrected chi connectivity index (χ4v) is 2.65. The van der Waals surface area contributed by atoms with E-state index in [1.165, 1.54) is 18.4 Å². The van der Waals surface area contributed by atoms with Crippen LogP contribution in [0.4, 0.5) is 10.1 Å². The summed E-state index contributed by atoms with van der Waals surface area (Å²) in [5, 5.41) is 9.21. The number of amides is 1. The summed E-state index contributed by atoms with van der Waals surface area (Å²) < 4.78 is 18.1. The predicted molar refractivity (Wildman–Crippen MR) is 127 cm³/mol. The quantitative estimate of drug-likeness (QED) is 0.242. The molecule has 1 heterocycles. The van der Waals surface area contributed by atoms with Crippen LogP contribution in [0.1, 0.15) is 28.6 Å². The number of furan rings is 1. The third kappa shape index (κ3) is 7.18. The Bertz CT molecular complexity index is 960. The molecule has 8 heteroatoms. The van der Waals surface area contributed by atoms with E-state index >= 15 is 0 Å². The van der Waals surface area contributed by atoms with Crippen LogP contribution in [0, 0.1) is 5.82 Å². The molecular formula is C22H24FIN4O2. The number of aliphatic imine (C=N–C) groups is 1. The predicted octanol–water partition coefficient (Wildman–Crippen LogP) is 4.54. The van der Waals surface area contributed by atoms with Crippen LogP contribution in [0.25, 0.3) is 0 Å². The lowest BCUT2D eigenvalue weighted by molar-refractivity contribution is 0.0996. The van der Waals surface area contributed by atoms with Gasteiger partial charge in [0.1, 0.15) is 5.82 Å². The molecule has 2 aromatic carbocycles. The van der Waals surface area contributed by atoms with Gasteiger partial charge in [-0.25, -0.2) is 9.38 Å². The second-order valence-electron chi connectivity index (χ2n) is 6.31. The molecule has 158 valence electrons. The van der Waals surface area contributed by atoms with Crippen molar-refractivity contribution in [3.63, 3.8) is 0 Å². The van der Waals surface area contributed by atoms with Crippen molar-refractivity contribution in [1.82, 2.24) is 10.6 Å². The van der Waals surface area contributed by atoms with E-state index < -0.39 is 0 Å². The molecule has 30 heavy (non-hydrogen) atoms. The highest BCUT2D eigenvalue weighted by Gasteiger charge is 2.08. The van der Waals surface area contributed by atoms with Crippen LogP contribution in [0.15, 0.2) is 76.3 Å². The summed E-state index contributed by atoms with van der Waals surface area (Å²) >= 11 is 0. The number of rotatable bonds is 7. The van der Waals surface area contributed by atoms with E-state index in [1.807, 2.05) is 31.2 Å². The highest BCUT2D eigenvalue weighted by atomic mass is 127. The fourth-order valence-electron chi connectivity index (χ4n) is 2.65. The van der Waals surface area contributed by atoms with Gasteiger partial charge in [0.2, 0.25) is 0 Å². The van der Waals surface area contributed by atoms with Crippen molar-refractivity contribution in [2.45, 2.75) is 20.0 Å². The van der Waals surface area contributed by atoms with E-state index in [4.69, 9.17) is 4.42 Å². The Kier molecular flexibility index (Phi) is 9.33. The Balaban J connectivity index is 0.00000320. The molecule has 0 radical (unpaired) electrons. The van der Waals surface area contributed by atoms with E-state index in [2.05, 4.69) is 20.9 Å². The van der Waals surface area contributed by atoms with Crippen LogP contribution in [0.2, 0.25) is 0 Å². The maximum absolute atomic E-state index is 13.0. The van der Waals surface area contributed by atoms with Crippen molar-refractivity contribution in [2.24, 2.45) is 4.99 Å². The van der Waals surface area contributed by atoms with Gasteiger partial charge in [-0.05, 0) is 54.4 Å². The normalized spacial score (nSPS) is 10.8. The van der Waals surface area contributed by atoms with Crippen LogP contribution in [0.3, 0.4) is 0 Å². The summed E-state index contributed by atoms with van der Waals surface area (Å²) in [6.07, 6.45) is 1.46. The van der Waals surface area contributed by atoms with Crippen LogP contribution < -0.4 is 16.0 Å². The maximum atomic E-state index is 13.0. The monoisotopic (exact) mass is 522 g/mol. The summed E-state index contributed by atoms with van der Waals surface area (Å²) in [4.78, 5) is 16.7. The number of benzene rings is 2. The van der Waals surface area contributed by atoms with Crippen molar-refractivity contribution in [3.8, 4) is 0 Å². The largest absolute Gasteiger partial charge is 0.459 e. The first kappa shape index (κ1) is 23.4. The minimum Gasteiger partial charge on any atom is -0.459 e. The van der Waals surface area contributed by atoms with Crippen molar-refractivity contribution in [3.05, 3.63) is 89.6 Å². The van der Waals surface area contributed by atoms with Gasteiger partial charge in [0, 0.05) is 18.8 Å². The molecule has 3 aromatic rings. The molecule has 0 aliphatic carbocycles. The molecule has 0 saturated carbocycles. The fraction of sp³-hybridized carbons (Fsp3) is 0.182. The molecular weight excluding hydrogens is 498 g/mol. The second kappa shape index (κ2) is 12.0. The first-order valence-electron chi connectivity index (χ1n) is 9.34. The zero-order valence-corrected chi connectivity index (χ0v) is 18.9. The molecule has 3 N–H and O–H groups in total. The number of nitrogens with zero attached hydrogens (tertiary/aromatic N) is 1. The summed E-state index contributed by atoms with van der Waals surface area (Å²) in [6, 6.07) is 17.1. The smallest absolute Gasteiger partial charge is 0.291 e. The van der Waals surface area contributed by atoms with Crippen molar-refractivity contribution >= 4 is 41.5 Å². The number of hydrogen-bond donors (Lipinski definition) is 3. The Morgan fingerprint density at radius 3 is 2.53 bits per heavy atom. The highest BCUT2D eigenvalue weighted by Crippen LogP contribution is 2.13. The zero-order chi connectivity index (χ0) is 20.5. The topological polar surface area (TPSA) is 78.7 Å². The van der Waals surface area contributed by atoms with Crippen molar-refractivity contribution in [2.75, 3.05) is 11.9 Å². The van der Waals surface area contributed by atoms with Crippen LogP contribution in [-0.4, -0.2) is 18.4 Å². The number of nitrogens with one attached hydrogen (secondary N) is 3. The zero-order valence-electron chi connectivity index (χ0n) is 16.5. The van der Waals surface area contributed by atoms with E-state index in [0.29, 0.717) is 31.3 Å². The number of hydrogen-bond acceptors (Lipinski definition) is 3. The van der Waals surface area contributed by atoms with Gasteiger partial charge in [-0.1, -0.05) is 24.3 Å². The third-order valence-corrected chi connectivity index (χ3v) is 4.07. The minimum atomic E-state index is -0.301. The Morgan fingerprint density at radius 1 is 1.03 bits per heavy atom.